The monoisotopic (exact) mass is 250 g/mol. The van der Waals surface area contributed by atoms with Crippen LogP contribution in [0, 0.1) is 29.1 Å². The lowest BCUT2D eigenvalue weighted by molar-refractivity contribution is -0.116. The molecule has 3 aliphatic rings. The van der Waals surface area contributed by atoms with Crippen LogP contribution >= 0.6 is 0 Å². The molecule has 0 spiro atoms. The number of fused-ring (bicyclic) bond motifs is 3. The third-order valence-electron chi connectivity index (χ3n) is 5.84. The molecule has 2 fully saturated rings. The molecule has 0 bridgehead atoms. The van der Waals surface area contributed by atoms with Crippen LogP contribution in [-0.2, 0) is 4.79 Å². The number of hydrogen-bond donors (Lipinski definition) is 2. The van der Waals surface area contributed by atoms with Crippen molar-refractivity contribution >= 4 is 5.78 Å². The van der Waals surface area contributed by atoms with Gasteiger partial charge >= 0.3 is 0 Å². The van der Waals surface area contributed by atoms with E-state index in [-0.39, 0.29) is 17.8 Å². The summed E-state index contributed by atoms with van der Waals surface area (Å²) in [5.74, 6) is 1.57. The summed E-state index contributed by atoms with van der Waals surface area (Å²) in [6, 6.07) is 0. The Bertz CT molecular complexity index is 439. The largest absolute Gasteiger partial charge is 0.396 e. The number of carbonyl (C=O) groups is 1. The second-order valence-electron chi connectivity index (χ2n) is 6.76. The molecule has 0 saturated heterocycles. The van der Waals surface area contributed by atoms with Gasteiger partial charge in [0.25, 0.3) is 0 Å². The summed E-state index contributed by atoms with van der Waals surface area (Å²) in [4.78, 5) is 12.2. The SMILES string of the molecule is CC1=C2[C@H]([C@H]3[C@@H](CC1=O)[C@@]3(C)CO)[C@H](C)C[C@@H]2O. The fourth-order valence-electron chi connectivity index (χ4n) is 4.66. The van der Waals surface area contributed by atoms with Crippen LogP contribution in [0.4, 0.5) is 0 Å². The fourth-order valence-corrected chi connectivity index (χ4v) is 4.66. The van der Waals surface area contributed by atoms with Crippen LogP contribution in [-0.4, -0.2) is 28.7 Å². The van der Waals surface area contributed by atoms with Gasteiger partial charge in [0.1, 0.15) is 0 Å². The predicted octanol–water partition coefficient (Wildman–Crippen LogP) is 1.54. The summed E-state index contributed by atoms with van der Waals surface area (Å²) in [5, 5.41) is 19.8. The normalized spacial score (nSPS) is 50.9. The van der Waals surface area contributed by atoms with Crippen LogP contribution in [0.3, 0.4) is 0 Å². The molecular formula is C15H22O3. The number of rotatable bonds is 1. The standard InChI is InChI=1S/C15H22O3/c1-7-4-11(18)13-8(2)10(17)5-9-14(12(7)13)15(9,3)6-16/h7,9,11-12,14,16,18H,4-6H2,1-3H3/t7-,9-,11+,12-,14-,15-/m1/s1. The topological polar surface area (TPSA) is 57.5 Å². The number of Topliss-reactive ketones (excluding diaryl/α,β-unsaturated/α-hetero) is 1. The molecular weight excluding hydrogens is 228 g/mol. The van der Waals surface area contributed by atoms with Gasteiger partial charge in [-0.15, -0.1) is 0 Å². The van der Waals surface area contributed by atoms with Crippen LogP contribution in [0.1, 0.15) is 33.6 Å². The van der Waals surface area contributed by atoms with E-state index in [2.05, 4.69) is 13.8 Å². The lowest BCUT2D eigenvalue weighted by Gasteiger charge is -2.21. The van der Waals surface area contributed by atoms with Gasteiger partial charge in [0.05, 0.1) is 6.10 Å². The van der Waals surface area contributed by atoms with Gasteiger partial charge in [-0.05, 0) is 53.6 Å². The molecule has 0 heterocycles. The van der Waals surface area contributed by atoms with Crippen molar-refractivity contribution in [2.24, 2.45) is 29.1 Å². The zero-order chi connectivity index (χ0) is 13.2. The van der Waals surface area contributed by atoms with E-state index < -0.39 is 6.10 Å². The molecule has 0 aromatic rings. The van der Waals surface area contributed by atoms with Crippen molar-refractivity contribution in [3.8, 4) is 0 Å². The average molecular weight is 250 g/mol. The zero-order valence-corrected chi connectivity index (χ0v) is 11.3. The molecule has 0 radical (unpaired) electrons. The molecule has 3 rings (SSSR count). The summed E-state index contributed by atoms with van der Waals surface area (Å²) in [6.45, 7) is 6.27. The Labute approximate surface area is 108 Å². The maximum absolute atomic E-state index is 12.2. The van der Waals surface area contributed by atoms with E-state index in [4.69, 9.17) is 0 Å². The van der Waals surface area contributed by atoms with Crippen molar-refractivity contribution in [1.29, 1.82) is 0 Å². The van der Waals surface area contributed by atoms with E-state index in [1.165, 1.54) is 0 Å². The summed E-state index contributed by atoms with van der Waals surface area (Å²) in [6.07, 6.45) is 0.860. The molecule has 0 aromatic carbocycles. The first-order valence-corrected chi connectivity index (χ1v) is 6.94. The van der Waals surface area contributed by atoms with Crippen LogP contribution < -0.4 is 0 Å². The first-order chi connectivity index (χ1) is 8.41. The number of allylic oxidation sites excluding steroid dienone is 1. The van der Waals surface area contributed by atoms with Gasteiger partial charge in [-0.25, -0.2) is 0 Å². The maximum atomic E-state index is 12.2. The van der Waals surface area contributed by atoms with Gasteiger partial charge in [-0.3, -0.25) is 4.79 Å². The Hall–Kier alpha value is -0.670. The van der Waals surface area contributed by atoms with Crippen molar-refractivity contribution in [2.75, 3.05) is 6.61 Å². The molecule has 0 unspecified atom stereocenters. The smallest absolute Gasteiger partial charge is 0.158 e. The van der Waals surface area contributed by atoms with E-state index in [1.54, 1.807) is 0 Å². The highest BCUT2D eigenvalue weighted by atomic mass is 16.3. The van der Waals surface area contributed by atoms with Gasteiger partial charge in [-0.2, -0.15) is 0 Å². The molecule has 0 aliphatic heterocycles. The summed E-state index contributed by atoms with van der Waals surface area (Å²) < 4.78 is 0. The summed E-state index contributed by atoms with van der Waals surface area (Å²) >= 11 is 0. The second-order valence-corrected chi connectivity index (χ2v) is 6.76. The van der Waals surface area contributed by atoms with Crippen molar-refractivity contribution in [1.82, 2.24) is 0 Å². The predicted molar refractivity (Wildman–Crippen MR) is 67.8 cm³/mol. The molecule has 18 heavy (non-hydrogen) atoms. The Balaban J connectivity index is 2.07. The minimum Gasteiger partial charge on any atom is -0.396 e. The number of aliphatic hydroxyl groups is 2. The Morgan fingerprint density at radius 1 is 1.44 bits per heavy atom. The molecule has 3 nitrogen and oxygen atoms in total. The number of carbonyl (C=O) groups excluding carboxylic acids is 1. The first kappa shape index (κ1) is 12.4. The fraction of sp³-hybridized carbons (Fsp3) is 0.800. The van der Waals surface area contributed by atoms with Crippen molar-refractivity contribution < 1.29 is 15.0 Å². The average Bonchev–Trinajstić information content (AvgIpc) is 2.80. The van der Waals surface area contributed by atoms with Gasteiger partial charge in [0.2, 0.25) is 0 Å². The van der Waals surface area contributed by atoms with E-state index in [9.17, 15) is 15.0 Å². The summed E-state index contributed by atoms with van der Waals surface area (Å²) in [7, 11) is 0. The Morgan fingerprint density at radius 3 is 2.72 bits per heavy atom. The van der Waals surface area contributed by atoms with Crippen LogP contribution in [0.15, 0.2) is 11.1 Å². The molecule has 2 saturated carbocycles. The minimum atomic E-state index is -0.448. The van der Waals surface area contributed by atoms with Gasteiger partial charge in [0.15, 0.2) is 5.78 Å². The van der Waals surface area contributed by atoms with Gasteiger partial charge in [0, 0.05) is 13.0 Å². The van der Waals surface area contributed by atoms with E-state index in [1.807, 2.05) is 6.92 Å². The molecule has 3 heteroatoms. The van der Waals surface area contributed by atoms with Crippen molar-refractivity contribution in [2.45, 2.75) is 39.7 Å². The Morgan fingerprint density at radius 2 is 2.11 bits per heavy atom. The second kappa shape index (κ2) is 3.67. The zero-order valence-electron chi connectivity index (χ0n) is 11.3. The third-order valence-corrected chi connectivity index (χ3v) is 5.84. The number of ketones is 1. The van der Waals surface area contributed by atoms with Gasteiger partial charge in [-0.1, -0.05) is 13.8 Å². The van der Waals surface area contributed by atoms with Crippen LogP contribution in [0.5, 0.6) is 0 Å². The third kappa shape index (κ3) is 1.35. The van der Waals surface area contributed by atoms with Crippen LogP contribution in [0.25, 0.3) is 0 Å². The lowest BCUT2D eigenvalue weighted by atomic mass is 9.84. The van der Waals surface area contributed by atoms with Gasteiger partial charge < -0.3 is 10.2 Å². The number of hydrogen-bond acceptors (Lipinski definition) is 3. The van der Waals surface area contributed by atoms with Crippen molar-refractivity contribution in [3.63, 3.8) is 0 Å². The maximum Gasteiger partial charge on any atom is 0.158 e. The molecule has 6 atom stereocenters. The highest BCUT2D eigenvalue weighted by molar-refractivity contribution is 5.97. The van der Waals surface area contributed by atoms with Crippen LogP contribution in [0.2, 0.25) is 0 Å². The summed E-state index contributed by atoms with van der Waals surface area (Å²) in [5.41, 5.74) is 1.67. The minimum absolute atomic E-state index is 0.107. The highest BCUT2D eigenvalue weighted by Crippen LogP contribution is 2.69. The first-order valence-electron chi connectivity index (χ1n) is 6.94. The molecule has 0 amide bonds. The quantitative estimate of drug-likeness (QED) is 0.742. The van der Waals surface area contributed by atoms with Crippen molar-refractivity contribution in [3.05, 3.63) is 11.1 Å². The molecule has 0 aromatic heterocycles. The van der Waals surface area contributed by atoms with E-state index in [0.717, 1.165) is 17.6 Å². The van der Waals surface area contributed by atoms with E-state index >= 15 is 0 Å². The van der Waals surface area contributed by atoms with E-state index in [0.29, 0.717) is 30.1 Å². The lowest BCUT2D eigenvalue weighted by Crippen LogP contribution is -2.19. The molecule has 3 aliphatic carbocycles. The molecule has 100 valence electrons. The Kier molecular flexibility index (Phi) is 2.52. The highest BCUT2D eigenvalue weighted by Gasteiger charge is 2.67. The number of aliphatic hydroxyl groups excluding tert-OH is 2. The molecule has 2 N–H and O–H groups in total.